The zero-order valence-corrected chi connectivity index (χ0v) is 18.2. The van der Waals surface area contributed by atoms with Gasteiger partial charge < -0.3 is 9.88 Å². The number of piperidine rings is 1. The number of halogens is 1. The number of anilines is 1. The van der Waals surface area contributed by atoms with Gasteiger partial charge in [-0.05, 0) is 69.1 Å². The molecule has 1 aliphatic heterocycles. The molecule has 0 spiro atoms. The first-order valence-electron chi connectivity index (χ1n) is 10.6. The van der Waals surface area contributed by atoms with Gasteiger partial charge in [-0.1, -0.05) is 23.5 Å². The molecule has 3 heterocycles. The average molecular weight is 438 g/mol. The van der Waals surface area contributed by atoms with E-state index in [1.165, 1.54) is 29.0 Å². The van der Waals surface area contributed by atoms with Crippen molar-refractivity contribution in [2.24, 2.45) is 5.92 Å². The van der Waals surface area contributed by atoms with Crippen LogP contribution in [0.15, 0.2) is 42.5 Å². The maximum Gasteiger partial charge on any atom is 0.240 e. The quantitative estimate of drug-likeness (QED) is 0.501. The monoisotopic (exact) mass is 437 g/mol. The van der Waals surface area contributed by atoms with Crippen LogP contribution in [0.25, 0.3) is 21.3 Å². The fraction of sp³-hybridized carbons (Fsp3) is 0.348. The smallest absolute Gasteiger partial charge is 0.240 e. The standard InChI is InChI=1S/C23H24FN5OS/c1-15-25-18-4-2-3-5-20(18)29(15)13-16-8-10-28(11-9-16)14-22(30)27-23-26-19-7-6-17(24)12-21(19)31-23/h2-7,12,16H,8-11,13-14H2,1H3,(H,26,27,30). The number of aryl methyl sites for hydroxylation is 1. The number of amides is 1. The van der Waals surface area contributed by atoms with Crippen LogP contribution in [0.1, 0.15) is 18.7 Å². The molecule has 0 aliphatic carbocycles. The van der Waals surface area contributed by atoms with Gasteiger partial charge in [0.15, 0.2) is 5.13 Å². The summed E-state index contributed by atoms with van der Waals surface area (Å²) in [6, 6.07) is 12.7. The van der Waals surface area contributed by atoms with Gasteiger partial charge in [-0.25, -0.2) is 14.4 Å². The molecule has 31 heavy (non-hydrogen) atoms. The van der Waals surface area contributed by atoms with Crippen LogP contribution in [0.5, 0.6) is 0 Å². The number of carbonyl (C=O) groups is 1. The Morgan fingerprint density at radius 2 is 1.97 bits per heavy atom. The van der Waals surface area contributed by atoms with Crippen LogP contribution < -0.4 is 5.32 Å². The summed E-state index contributed by atoms with van der Waals surface area (Å²) < 4.78 is 16.4. The molecular formula is C23H24FN5OS. The van der Waals surface area contributed by atoms with Crippen molar-refractivity contribution >= 4 is 43.6 Å². The molecule has 2 aromatic carbocycles. The third-order valence-corrected chi connectivity index (χ3v) is 6.89. The molecule has 0 atom stereocenters. The lowest BCUT2D eigenvalue weighted by Crippen LogP contribution is -2.40. The number of nitrogens with one attached hydrogen (secondary N) is 1. The van der Waals surface area contributed by atoms with Crippen LogP contribution in [0.2, 0.25) is 0 Å². The Balaban J connectivity index is 1.15. The predicted octanol–water partition coefficient (Wildman–Crippen LogP) is 4.44. The molecule has 5 rings (SSSR count). The van der Waals surface area contributed by atoms with Crippen LogP contribution in [-0.2, 0) is 11.3 Å². The van der Waals surface area contributed by atoms with E-state index < -0.39 is 0 Å². The second kappa shape index (κ2) is 8.36. The molecular weight excluding hydrogens is 413 g/mol. The molecule has 4 aromatic rings. The summed E-state index contributed by atoms with van der Waals surface area (Å²) in [6.45, 7) is 5.18. The third kappa shape index (κ3) is 4.31. The van der Waals surface area contributed by atoms with Gasteiger partial charge in [-0.15, -0.1) is 0 Å². The summed E-state index contributed by atoms with van der Waals surface area (Å²) >= 11 is 1.30. The number of fused-ring (bicyclic) bond motifs is 2. The molecule has 0 bridgehead atoms. The van der Waals surface area contributed by atoms with Crippen LogP contribution in [-0.4, -0.2) is 45.0 Å². The molecule has 160 valence electrons. The van der Waals surface area contributed by atoms with Gasteiger partial charge in [0.05, 0.1) is 27.8 Å². The minimum Gasteiger partial charge on any atom is -0.328 e. The van der Waals surface area contributed by atoms with Gasteiger partial charge in [0.1, 0.15) is 11.6 Å². The zero-order chi connectivity index (χ0) is 21.4. The van der Waals surface area contributed by atoms with Gasteiger partial charge in [-0.3, -0.25) is 9.69 Å². The van der Waals surface area contributed by atoms with Crippen molar-refractivity contribution in [1.29, 1.82) is 0 Å². The first kappa shape index (κ1) is 20.1. The Morgan fingerprint density at radius 1 is 1.16 bits per heavy atom. The summed E-state index contributed by atoms with van der Waals surface area (Å²) in [7, 11) is 0. The molecule has 2 aromatic heterocycles. The van der Waals surface area contributed by atoms with E-state index in [2.05, 4.69) is 49.9 Å². The Bertz CT molecular complexity index is 1240. The van der Waals surface area contributed by atoms with Crippen LogP contribution in [0.4, 0.5) is 9.52 Å². The SMILES string of the molecule is Cc1nc2ccccc2n1CC1CCN(CC(=O)Nc2nc3ccc(F)cc3s2)CC1. The highest BCUT2D eigenvalue weighted by atomic mass is 32.1. The van der Waals surface area contributed by atoms with Crippen LogP contribution >= 0.6 is 11.3 Å². The fourth-order valence-corrected chi connectivity index (χ4v) is 5.23. The van der Waals surface area contributed by atoms with Crippen molar-refractivity contribution in [3.8, 4) is 0 Å². The zero-order valence-electron chi connectivity index (χ0n) is 17.3. The number of imidazole rings is 1. The minimum absolute atomic E-state index is 0.0746. The molecule has 1 saturated heterocycles. The number of likely N-dealkylation sites (tertiary alicyclic amines) is 1. The second-order valence-electron chi connectivity index (χ2n) is 8.16. The molecule has 0 radical (unpaired) electrons. The summed E-state index contributed by atoms with van der Waals surface area (Å²) in [5.41, 5.74) is 2.94. The van der Waals surface area contributed by atoms with E-state index in [1.807, 2.05) is 6.07 Å². The lowest BCUT2D eigenvalue weighted by Gasteiger charge is -2.31. The molecule has 1 fully saturated rings. The van der Waals surface area contributed by atoms with E-state index in [0.717, 1.165) is 48.5 Å². The minimum atomic E-state index is -0.296. The first-order valence-corrected chi connectivity index (χ1v) is 11.4. The number of aromatic nitrogens is 3. The summed E-state index contributed by atoms with van der Waals surface area (Å²) in [6.07, 6.45) is 2.11. The second-order valence-corrected chi connectivity index (χ2v) is 9.19. The van der Waals surface area contributed by atoms with Crippen LogP contribution in [0.3, 0.4) is 0 Å². The maximum absolute atomic E-state index is 13.3. The van der Waals surface area contributed by atoms with E-state index in [4.69, 9.17) is 0 Å². The highest BCUT2D eigenvalue weighted by Crippen LogP contribution is 2.27. The van der Waals surface area contributed by atoms with Gasteiger partial charge >= 0.3 is 0 Å². The Labute approximate surface area is 183 Å². The maximum atomic E-state index is 13.3. The lowest BCUT2D eigenvalue weighted by molar-refractivity contribution is -0.117. The van der Waals surface area contributed by atoms with Crippen molar-refractivity contribution in [3.63, 3.8) is 0 Å². The number of benzene rings is 2. The predicted molar refractivity (Wildman–Crippen MR) is 122 cm³/mol. The third-order valence-electron chi connectivity index (χ3n) is 5.96. The van der Waals surface area contributed by atoms with E-state index in [0.29, 0.717) is 23.1 Å². The van der Waals surface area contributed by atoms with Crippen molar-refractivity contribution in [2.75, 3.05) is 25.0 Å². The summed E-state index contributed by atoms with van der Waals surface area (Å²) in [5.74, 6) is 1.26. The first-order chi connectivity index (χ1) is 15.0. The number of thiazole rings is 1. The molecule has 1 N–H and O–H groups in total. The molecule has 1 amide bonds. The fourth-order valence-electron chi connectivity index (χ4n) is 4.33. The van der Waals surface area contributed by atoms with Gasteiger partial charge in [0.25, 0.3) is 0 Å². The Morgan fingerprint density at radius 3 is 2.81 bits per heavy atom. The number of carbonyl (C=O) groups excluding carboxylic acids is 1. The summed E-state index contributed by atoms with van der Waals surface area (Å²) in [4.78, 5) is 23.7. The molecule has 6 nitrogen and oxygen atoms in total. The van der Waals surface area contributed by atoms with Crippen LogP contribution in [0, 0.1) is 18.7 Å². The number of nitrogens with zero attached hydrogens (tertiary/aromatic N) is 4. The van der Waals surface area contributed by atoms with Crippen molar-refractivity contribution < 1.29 is 9.18 Å². The molecule has 1 aliphatic rings. The van der Waals surface area contributed by atoms with Gasteiger partial charge in [0, 0.05) is 6.54 Å². The topological polar surface area (TPSA) is 63.1 Å². The van der Waals surface area contributed by atoms with Gasteiger partial charge in [0.2, 0.25) is 5.91 Å². The highest BCUT2D eigenvalue weighted by Gasteiger charge is 2.22. The van der Waals surface area contributed by atoms with Crippen molar-refractivity contribution in [1.82, 2.24) is 19.4 Å². The van der Waals surface area contributed by atoms with E-state index in [-0.39, 0.29) is 11.7 Å². The molecule has 0 unspecified atom stereocenters. The highest BCUT2D eigenvalue weighted by molar-refractivity contribution is 7.22. The van der Waals surface area contributed by atoms with E-state index in [9.17, 15) is 9.18 Å². The normalized spacial score (nSPS) is 15.7. The average Bonchev–Trinajstić information content (AvgIpc) is 3.28. The summed E-state index contributed by atoms with van der Waals surface area (Å²) in [5, 5.41) is 3.38. The largest absolute Gasteiger partial charge is 0.328 e. The van der Waals surface area contributed by atoms with E-state index in [1.54, 1.807) is 6.07 Å². The van der Waals surface area contributed by atoms with Gasteiger partial charge in [-0.2, -0.15) is 0 Å². The molecule has 8 heteroatoms. The number of hydrogen-bond donors (Lipinski definition) is 1. The number of para-hydroxylation sites is 2. The molecule has 0 saturated carbocycles. The Kier molecular flexibility index (Phi) is 5.41. The lowest BCUT2D eigenvalue weighted by atomic mass is 9.96. The van der Waals surface area contributed by atoms with Crippen molar-refractivity contribution in [3.05, 3.63) is 54.1 Å². The Hall–Kier alpha value is -2.84. The number of rotatable bonds is 5. The van der Waals surface area contributed by atoms with E-state index >= 15 is 0 Å². The number of hydrogen-bond acceptors (Lipinski definition) is 5. The van der Waals surface area contributed by atoms with Crippen molar-refractivity contribution in [2.45, 2.75) is 26.3 Å².